The summed E-state index contributed by atoms with van der Waals surface area (Å²) in [6.07, 6.45) is 3.19. The molecule has 1 atom stereocenters. The molecule has 4 aromatic rings. The maximum atomic E-state index is 6.01. The van der Waals surface area contributed by atoms with Crippen LogP contribution in [0.5, 0.6) is 0 Å². The number of imidazole rings is 1. The van der Waals surface area contributed by atoms with Crippen molar-refractivity contribution in [2.45, 2.75) is 5.92 Å². The Balaban J connectivity index is 1.71. The molecule has 0 amide bonds. The van der Waals surface area contributed by atoms with Crippen molar-refractivity contribution in [2.24, 2.45) is 5.73 Å². The lowest BCUT2D eigenvalue weighted by Gasteiger charge is -2.16. The molecule has 3 N–H and O–H groups in total. The number of nitrogens with one attached hydrogen (secondary N) is 1. The van der Waals surface area contributed by atoms with Crippen LogP contribution < -0.4 is 5.73 Å². The summed E-state index contributed by atoms with van der Waals surface area (Å²) in [5.74, 6) is 0.191. The Labute approximate surface area is 139 Å². The molecule has 118 valence electrons. The molecule has 2 aromatic heterocycles. The van der Waals surface area contributed by atoms with Gasteiger partial charge in [-0.25, -0.2) is 15.0 Å². The Morgan fingerprint density at radius 1 is 0.875 bits per heavy atom. The first-order chi connectivity index (χ1) is 11.9. The topological polar surface area (TPSA) is 80.5 Å². The number of hydrogen-bond donors (Lipinski definition) is 2. The molecule has 0 radical (unpaired) electrons. The van der Waals surface area contributed by atoms with Gasteiger partial charge in [0, 0.05) is 18.0 Å². The van der Waals surface area contributed by atoms with Crippen molar-refractivity contribution in [3.8, 4) is 11.3 Å². The minimum absolute atomic E-state index is 0.191. The number of hydrogen-bond acceptors (Lipinski definition) is 4. The smallest absolute Gasteiger partial charge is 0.161 e. The number of H-pyrrole nitrogens is 1. The van der Waals surface area contributed by atoms with E-state index < -0.39 is 0 Å². The number of fused-ring (bicyclic) bond motifs is 1. The van der Waals surface area contributed by atoms with E-state index in [1.165, 1.54) is 11.1 Å². The molecule has 1 unspecified atom stereocenters. The number of aromatic amines is 1. The molecule has 0 saturated heterocycles. The lowest BCUT2D eigenvalue weighted by Crippen LogP contribution is -2.13. The molecule has 0 aliphatic carbocycles. The van der Waals surface area contributed by atoms with Gasteiger partial charge in [0.15, 0.2) is 5.65 Å². The molecule has 0 fully saturated rings. The molecule has 0 bridgehead atoms. The highest BCUT2D eigenvalue weighted by Gasteiger charge is 2.13. The Bertz CT molecular complexity index is 944. The van der Waals surface area contributed by atoms with Crippen molar-refractivity contribution in [2.75, 3.05) is 6.54 Å². The first-order valence-electron chi connectivity index (χ1n) is 7.86. The van der Waals surface area contributed by atoms with Crippen LogP contribution in [0.3, 0.4) is 0 Å². The van der Waals surface area contributed by atoms with E-state index in [-0.39, 0.29) is 5.92 Å². The Morgan fingerprint density at radius 2 is 1.62 bits per heavy atom. The fourth-order valence-corrected chi connectivity index (χ4v) is 3.00. The van der Waals surface area contributed by atoms with Gasteiger partial charge in [-0.2, -0.15) is 0 Å². The van der Waals surface area contributed by atoms with Gasteiger partial charge < -0.3 is 10.7 Å². The highest BCUT2D eigenvalue weighted by Crippen LogP contribution is 2.27. The Kier molecular flexibility index (Phi) is 3.76. The third-order valence-electron chi connectivity index (χ3n) is 4.24. The second kappa shape index (κ2) is 6.22. The number of benzene rings is 2. The predicted molar refractivity (Wildman–Crippen MR) is 94.5 cm³/mol. The van der Waals surface area contributed by atoms with E-state index in [0.717, 1.165) is 22.4 Å². The van der Waals surface area contributed by atoms with Gasteiger partial charge in [0.2, 0.25) is 0 Å². The molecule has 24 heavy (non-hydrogen) atoms. The van der Waals surface area contributed by atoms with Gasteiger partial charge in [0.05, 0.1) is 6.33 Å². The fraction of sp³-hybridized carbons (Fsp3) is 0.105. The van der Waals surface area contributed by atoms with Gasteiger partial charge in [0.1, 0.15) is 17.5 Å². The summed E-state index contributed by atoms with van der Waals surface area (Å²) in [6, 6.07) is 18.7. The van der Waals surface area contributed by atoms with E-state index >= 15 is 0 Å². The molecule has 5 heteroatoms. The third-order valence-corrected chi connectivity index (χ3v) is 4.24. The molecule has 0 saturated carbocycles. The van der Waals surface area contributed by atoms with Crippen molar-refractivity contribution in [1.29, 1.82) is 0 Å². The van der Waals surface area contributed by atoms with Crippen LogP contribution in [-0.4, -0.2) is 26.5 Å². The number of rotatable bonds is 4. The predicted octanol–water partition coefficient (Wildman–Crippen LogP) is 3.11. The van der Waals surface area contributed by atoms with E-state index in [1.807, 2.05) is 18.2 Å². The van der Waals surface area contributed by atoms with Gasteiger partial charge in [-0.05, 0) is 11.1 Å². The van der Waals surface area contributed by atoms with Crippen molar-refractivity contribution >= 4 is 11.2 Å². The fourth-order valence-electron chi connectivity index (χ4n) is 3.00. The van der Waals surface area contributed by atoms with Gasteiger partial charge in [-0.1, -0.05) is 54.6 Å². The highest BCUT2D eigenvalue weighted by molar-refractivity contribution is 5.86. The highest BCUT2D eigenvalue weighted by atomic mass is 15.0. The minimum atomic E-state index is 0.191. The first kappa shape index (κ1) is 14.5. The van der Waals surface area contributed by atoms with Crippen LogP contribution in [0.25, 0.3) is 22.4 Å². The lowest BCUT2D eigenvalue weighted by atomic mass is 9.90. The molecule has 0 spiro atoms. The summed E-state index contributed by atoms with van der Waals surface area (Å²) in [7, 11) is 0. The minimum Gasteiger partial charge on any atom is -0.330 e. The standard InChI is InChI=1S/C19H17N5/c20-10-16(13-4-2-1-3-5-13)14-6-8-15(9-7-14)17-18-19(23-11-21-17)24-12-22-18/h1-9,11-12,16H,10,20H2,(H,21,22,23,24). The van der Waals surface area contributed by atoms with Gasteiger partial charge in [0.25, 0.3) is 0 Å². The quantitative estimate of drug-likeness (QED) is 0.606. The molecular weight excluding hydrogens is 298 g/mol. The molecule has 0 aliphatic heterocycles. The van der Waals surface area contributed by atoms with E-state index in [9.17, 15) is 0 Å². The van der Waals surface area contributed by atoms with Crippen molar-refractivity contribution in [3.63, 3.8) is 0 Å². The van der Waals surface area contributed by atoms with Crippen molar-refractivity contribution in [1.82, 2.24) is 19.9 Å². The average molecular weight is 315 g/mol. The number of nitrogens with two attached hydrogens (primary N) is 1. The average Bonchev–Trinajstić information content (AvgIpc) is 3.13. The van der Waals surface area contributed by atoms with Crippen LogP contribution in [0.1, 0.15) is 17.0 Å². The van der Waals surface area contributed by atoms with Crippen molar-refractivity contribution in [3.05, 3.63) is 78.4 Å². The Hall–Kier alpha value is -3.05. The summed E-state index contributed by atoms with van der Waals surface area (Å²) in [4.78, 5) is 15.9. The summed E-state index contributed by atoms with van der Waals surface area (Å²) < 4.78 is 0. The van der Waals surface area contributed by atoms with Crippen LogP contribution in [0.15, 0.2) is 67.3 Å². The van der Waals surface area contributed by atoms with E-state index in [0.29, 0.717) is 6.54 Å². The summed E-state index contributed by atoms with van der Waals surface area (Å²) in [6.45, 7) is 0.570. The molecule has 4 rings (SSSR count). The van der Waals surface area contributed by atoms with Crippen LogP contribution >= 0.6 is 0 Å². The second-order valence-electron chi connectivity index (χ2n) is 5.64. The molecule has 2 aromatic carbocycles. The molecule has 2 heterocycles. The van der Waals surface area contributed by atoms with Crippen LogP contribution in [0.2, 0.25) is 0 Å². The summed E-state index contributed by atoms with van der Waals surface area (Å²) >= 11 is 0. The van der Waals surface area contributed by atoms with E-state index in [1.54, 1.807) is 12.7 Å². The van der Waals surface area contributed by atoms with Crippen LogP contribution in [0, 0.1) is 0 Å². The largest absolute Gasteiger partial charge is 0.330 e. The van der Waals surface area contributed by atoms with Crippen LogP contribution in [0.4, 0.5) is 0 Å². The summed E-state index contributed by atoms with van der Waals surface area (Å²) in [5.41, 5.74) is 11.8. The van der Waals surface area contributed by atoms with Crippen LogP contribution in [-0.2, 0) is 0 Å². The number of aromatic nitrogens is 4. The normalized spacial score (nSPS) is 12.4. The maximum absolute atomic E-state index is 6.01. The van der Waals surface area contributed by atoms with E-state index in [4.69, 9.17) is 5.73 Å². The molecule has 0 aliphatic rings. The lowest BCUT2D eigenvalue weighted by molar-refractivity contribution is 0.819. The molecular formula is C19H17N5. The van der Waals surface area contributed by atoms with Crippen molar-refractivity contribution < 1.29 is 0 Å². The second-order valence-corrected chi connectivity index (χ2v) is 5.64. The van der Waals surface area contributed by atoms with Gasteiger partial charge in [-0.15, -0.1) is 0 Å². The molecule has 5 nitrogen and oxygen atoms in total. The zero-order valence-electron chi connectivity index (χ0n) is 13.1. The first-order valence-corrected chi connectivity index (χ1v) is 7.86. The third kappa shape index (κ3) is 2.55. The number of nitrogens with zero attached hydrogens (tertiary/aromatic N) is 3. The van der Waals surface area contributed by atoms with Gasteiger partial charge in [-0.3, -0.25) is 0 Å². The SMILES string of the molecule is NCC(c1ccccc1)c1ccc(-c2ncnc3[nH]cnc23)cc1. The van der Waals surface area contributed by atoms with Gasteiger partial charge >= 0.3 is 0 Å². The zero-order chi connectivity index (χ0) is 16.4. The Morgan fingerprint density at radius 3 is 2.38 bits per heavy atom. The summed E-state index contributed by atoms with van der Waals surface area (Å²) in [5, 5.41) is 0. The maximum Gasteiger partial charge on any atom is 0.161 e. The monoisotopic (exact) mass is 315 g/mol. The zero-order valence-corrected chi connectivity index (χ0v) is 13.1. The van der Waals surface area contributed by atoms with E-state index in [2.05, 4.69) is 56.3 Å².